The molecule has 7 nitrogen and oxygen atoms in total. The number of H-pyrrole nitrogens is 2. The van der Waals surface area contributed by atoms with Crippen molar-refractivity contribution in [3.05, 3.63) is 28.7 Å². The maximum absolute atomic E-state index is 12.6. The van der Waals surface area contributed by atoms with Crippen molar-refractivity contribution in [3.63, 3.8) is 0 Å². The highest BCUT2D eigenvalue weighted by Gasteiger charge is 2.31. The van der Waals surface area contributed by atoms with E-state index in [1.165, 1.54) is 6.92 Å². The quantitative estimate of drug-likeness (QED) is 0.686. The van der Waals surface area contributed by atoms with Gasteiger partial charge < -0.3 is 20.6 Å². The third-order valence-electron chi connectivity index (χ3n) is 4.30. The van der Waals surface area contributed by atoms with E-state index in [4.69, 9.17) is 0 Å². The number of nitrogens with one attached hydrogen (secondary N) is 4. The third-order valence-corrected chi connectivity index (χ3v) is 4.30. The lowest BCUT2D eigenvalue weighted by atomic mass is 9.97. The van der Waals surface area contributed by atoms with Gasteiger partial charge in [0.05, 0.1) is 11.0 Å². The number of amides is 2. The number of imidazole rings is 1. The number of aromatic amines is 2. The van der Waals surface area contributed by atoms with Crippen LogP contribution in [0.4, 0.5) is 5.69 Å². The lowest BCUT2D eigenvalue weighted by molar-refractivity contribution is -0.126. The zero-order valence-corrected chi connectivity index (χ0v) is 12.9. The number of hydrogen-bond donors (Lipinski definition) is 4. The van der Waals surface area contributed by atoms with Gasteiger partial charge >= 0.3 is 5.69 Å². The van der Waals surface area contributed by atoms with Crippen molar-refractivity contribution in [1.29, 1.82) is 0 Å². The standard InChI is InChI=1S/C16H20N4O3/c1-9(21)17-14(10-4-2-3-5-10)15(22)18-11-6-7-12-13(8-11)20-16(23)19-12/h6-8,10,14H,2-5H2,1H3,(H,17,21)(H,18,22)(H2,19,20,23). The van der Waals surface area contributed by atoms with E-state index in [0.29, 0.717) is 16.7 Å². The lowest BCUT2D eigenvalue weighted by Crippen LogP contribution is -2.47. The molecule has 1 aliphatic rings. The summed E-state index contributed by atoms with van der Waals surface area (Å²) in [6, 6.07) is 4.64. The van der Waals surface area contributed by atoms with Crippen molar-refractivity contribution in [1.82, 2.24) is 15.3 Å². The molecule has 1 aromatic heterocycles. The maximum atomic E-state index is 12.6. The van der Waals surface area contributed by atoms with Gasteiger partial charge in [0.25, 0.3) is 0 Å². The normalized spacial score (nSPS) is 16.4. The zero-order valence-electron chi connectivity index (χ0n) is 12.9. The lowest BCUT2D eigenvalue weighted by Gasteiger charge is -2.23. The van der Waals surface area contributed by atoms with Crippen molar-refractivity contribution in [3.8, 4) is 0 Å². The van der Waals surface area contributed by atoms with E-state index in [2.05, 4.69) is 20.6 Å². The summed E-state index contributed by atoms with van der Waals surface area (Å²) in [6.07, 6.45) is 4.07. The molecule has 0 saturated heterocycles. The Labute approximate surface area is 132 Å². The Morgan fingerprint density at radius 1 is 1.17 bits per heavy atom. The molecule has 0 aliphatic heterocycles. The van der Waals surface area contributed by atoms with Crippen LogP contribution >= 0.6 is 0 Å². The molecule has 1 saturated carbocycles. The predicted molar refractivity (Wildman–Crippen MR) is 87.1 cm³/mol. The molecule has 4 N–H and O–H groups in total. The first-order valence-electron chi connectivity index (χ1n) is 7.83. The van der Waals surface area contributed by atoms with Crippen LogP contribution in [0.3, 0.4) is 0 Å². The molecule has 0 spiro atoms. The van der Waals surface area contributed by atoms with Crippen LogP contribution in [0.5, 0.6) is 0 Å². The second-order valence-electron chi connectivity index (χ2n) is 6.05. The molecule has 0 radical (unpaired) electrons. The highest BCUT2D eigenvalue weighted by molar-refractivity contribution is 5.98. The van der Waals surface area contributed by atoms with Gasteiger partial charge in [0.1, 0.15) is 6.04 Å². The van der Waals surface area contributed by atoms with Gasteiger partial charge in [-0.1, -0.05) is 12.8 Å². The van der Waals surface area contributed by atoms with Crippen LogP contribution in [-0.2, 0) is 9.59 Å². The van der Waals surface area contributed by atoms with Gasteiger partial charge in [0, 0.05) is 12.6 Å². The number of fused-ring (bicyclic) bond motifs is 1. The smallest absolute Gasteiger partial charge is 0.323 e. The van der Waals surface area contributed by atoms with Crippen molar-refractivity contribution < 1.29 is 9.59 Å². The molecule has 1 aromatic carbocycles. The van der Waals surface area contributed by atoms with Crippen molar-refractivity contribution >= 4 is 28.5 Å². The summed E-state index contributed by atoms with van der Waals surface area (Å²) < 4.78 is 0. The molecule has 3 rings (SSSR count). The van der Waals surface area contributed by atoms with E-state index in [1.54, 1.807) is 18.2 Å². The summed E-state index contributed by atoms with van der Waals surface area (Å²) in [7, 11) is 0. The SMILES string of the molecule is CC(=O)NC(C(=O)Nc1ccc2[nH]c(=O)[nH]c2c1)C1CCCC1. The van der Waals surface area contributed by atoms with Crippen molar-refractivity contribution in [2.75, 3.05) is 5.32 Å². The zero-order chi connectivity index (χ0) is 16.4. The highest BCUT2D eigenvalue weighted by Crippen LogP contribution is 2.28. The van der Waals surface area contributed by atoms with Crippen LogP contribution in [0.2, 0.25) is 0 Å². The van der Waals surface area contributed by atoms with Crippen molar-refractivity contribution in [2.45, 2.75) is 38.6 Å². The molecule has 122 valence electrons. The van der Waals surface area contributed by atoms with E-state index >= 15 is 0 Å². The molecule has 23 heavy (non-hydrogen) atoms. The Bertz CT molecular complexity index is 786. The molecule has 1 aliphatic carbocycles. The Kier molecular flexibility index (Phi) is 4.18. The number of hydrogen-bond acceptors (Lipinski definition) is 3. The van der Waals surface area contributed by atoms with Gasteiger partial charge in [0.2, 0.25) is 11.8 Å². The fraction of sp³-hybridized carbons (Fsp3) is 0.438. The van der Waals surface area contributed by atoms with E-state index < -0.39 is 6.04 Å². The number of aromatic nitrogens is 2. The molecular formula is C16H20N4O3. The Balaban J connectivity index is 1.78. The summed E-state index contributed by atoms with van der Waals surface area (Å²) >= 11 is 0. The third kappa shape index (κ3) is 3.44. The molecule has 2 amide bonds. The predicted octanol–water partition coefficient (Wildman–Crippen LogP) is 1.49. The van der Waals surface area contributed by atoms with Crippen LogP contribution in [-0.4, -0.2) is 27.8 Å². The van der Waals surface area contributed by atoms with Gasteiger partial charge in [-0.2, -0.15) is 0 Å². The second kappa shape index (κ2) is 6.28. The minimum atomic E-state index is -0.518. The molecule has 1 heterocycles. The summed E-state index contributed by atoms with van der Waals surface area (Å²) in [5.41, 5.74) is 1.61. The Morgan fingerprint density at radius 2 is 1.87 bits per heavy atom. The first-order chi connectivity index (χ1) is 11.0. The summed E-state index contributed by atoms with van der Waals surface area (Å²) in [5, 5.41) is 5.60. The Hall–Kier alpha value is -2.57. The number of anilines is 1. The average molecular weight is 316 g/mol. The molecule has 1 fully saturated rings. The van der Waals surface area contributed by atoms with Crippen LogP contribution < -0.4 is 16.3 Å². The monoisotopic (exact) mass is 316 g/mol. The molecule has 1 atom stereocenters. The minimum absolute atomic E-state index is 0.176. The largest absolute Gasteiger partial charge is 0.344 e. The summed E-state index contributed by atoms with van der Waals surface area (Å²) in [6.45, 7) is 1.42. The van der Waals surface area contributed by atoms with Gasteiger partial charge in [-0.3, -0.25) is 9.59 Å². The number of carbonyl (C=O) groups excluding carboxylic acids is 2. The summed E-state index contributed by atoms with van der Waals surface area (Å²) in [5.74, 6) is -0.249. The van der Waals surface area contributed by atoms with Gasteiger partial charge in [0.15, 0.2) is 0 Å². The topological polar surface area (TPSA) is 107 Å². The van der Waals surface area contributed by atoms with Crippen LogP contribution in [0, 0.1) is 5.92 Å². The number of benzene rings is 1. The van der Waals surface area contributed by atoms with Gasteiger partial charge in [-0.25, -0.2) is 4.79 Å². The maximum Gasteiger partial charge on any atom is 0.323 e. The fourth-order valence-corrected chi connectivity index (χ4v) is 3.24. The van der Waals surface area contributed by atoms with Gasteiger partial charge in [-0.15, -0.1) is 0 Å². The van der Waals surface area contributed by atoms with Gasteiger partial charge in [-0.05, 0) is 37.0 Å². The first-order valence-corrected chi connectivity index (χ1v) is 7.83. The Morgan fingerprint density at radius 3 is 2.57 bits per heavy atom. The molecule has 2 aromatic rings. The average Bonchev–Trinajstić information content (AvgIpc) is 3.12. The van der Waals surface area contributed by atoms with E-state index in [1.807, 2.05) is 0 Å². The van der Waals surface area contributed by atoms with E-state index in [-0.39, 0.29) is 23.4 Å². The second-order valence-corrected chi connectivity index (χ2v) is 6.05. The molecular weight excluding hydrogens is 296 g/mol. The van der Waals surface area contributed by atoms with Crippen LogP contribution in [0.15, 0.2) is 23.0 Å². The van der Waals surface area contributed by atoms with Crippen LogP contribution in [0.1, 0.15) is 32.6 Å². The summed E-state index contributed by atoms with van der Waals surface area (Å²) in [4.78, 5) is 40.6. The van der Waals surface area contributed by atoms with E-state index in [9.17, 15) is 14.4 Å². The molecule has 7 heteroatoms. The molecule has 1 unspecified atom stereocenters. The number of carbonyl (C=O) groups is 2. The highest BCUT2D eigenvalue weighted by atomic mass is 16.2. The number of rotatable bonds is 4. The van der Waals surface area contributed by atoms with E-state index in [0.717, 1.165) is 25.7 Å². The van der Waals surface area contributed by atoms with Crippen molar-refractivity contribution in [2.24, 2.45) is 5.92 Å². The minimum Gasteiger partial charge on any atom is -0.344 e. The first kappa shape index (κ1) is 15.3. The fourth-order valence-electron chi connectivity index (χ4n) is 3.24. The van der Waals surface area contributed by atoms with Crippen LogP contribution in [0.25, 0.3) is 11.0 Å². The molecule has 0 bridgehead atoms.